The number of carbonyl (C=O) groups is 11. The van der Waals surface area contributed by atoms with Crippen LogP contribution in [0.1, 0.15) is 164 Å². The Morgan fingerprint density at radius 3 is 1.92 bits per heavy atom. The molecule has 2 saturated heterocycles. The summed E-state index contributed by atoms with van der Waals surface area (Å²) in [7, 11) is 6.18. The first-order valence-corrected chi connectivity index (χ1v) is 33.7. The molecule has 0 aliphatic carbocycles. The van der Waals surface area contributed by atoms with Crippen LogP contribution in [-0.2, 0) is 64.0 Å². The van der Waals surface area contributed by atoms with Crippen LogP contribution in [0.25, 0.3) is 0 Å². The molecule has 95 heavy (non-hydrogen) atoms. The van der Waals surface area contributed by atoms with E-state index in [0.717, 1.165) is 0 Å². The zero-order valence-electron chi connectivity index (χ0n) is 58.4. The number of nitrogens with zero attached hydrogens (tertiary/aromatic N) is 4. The molecule has 25 heteroatoms. The quantitative estimate of drug-likeness (QED) is 0.0337. The van der Waals surface area contributed by atoms with Crippen LogP contribution in [-0.4, -0.2) is 192 Å². The van der Waals surface area contributed by atoms with Gasteiger partial charge in [0, 0.05) is 97.7 Å². The predicted octanol–water partition coefficient (Wildman–Crippen LogP) is 6.88. The summed E-state index contributed by atoms with van der Waals surface area (Å²) >= 11 is 0. The molecule has 0 radical (unpaired) electrons. The molecular weight excluding hydrogens is 1220 g/mol. The molecule has 25 nitrogen and oxygen atoms in total. The Morgan fingerprint density at radius 1 is 0.716 bits per heavy atom. The standard InChI is InChI=1S/C70H109N9O16/c1-15-44(8)62(56(93-13)39-59(84)79-34-20-24-53(79)64(94-14)45(9)65(86)73-46(10)63(85)48-21-17-16-18-22-48)76(11)67(88)52(41(2)3)38-55(81)61(43(6)7)77(12)70(92)95-40-47-25-27-51(28-26-47)74-66(87)50(23-19-33-72-69(71)91)37-54(80)60(42(4)5)75-57(82)29-30-58(83)78-35-31-49(32-36-78)68(89)90/h16-18,21-22,25-28,41-46,49-50,52-53,56,60-64,85H,15,19-20,23-24,29-40H2,1-14H3,(H,73,86)(H,74,87)(H,75,82)(H,89,90)(H3,71,72,91)/t44-,45+,46+,50+,52-,53-,56+,60-,61-,62-,63+,64+/m0/s1. The van der Waals surface area contributed by atoms with E-state index in [9.17, 15) is 63.0 Å². The number of hydrogen-bond donors (Lipinski definition) is 7. The minimum absolute atomic E-state index is 0.0738. The summed E-state index contributed by atoms with van der Waals surface area (Å²) in [5.74, 6) is -7.98. The van der Waals surface area contributed by atoms with Gasteiger partial charge in [-0.1, -0.05) is 111 Å². The number of primary amides is 1. The van der Waals surface area contributed by atoms with Gasteiger partial charge in [-0.3, -0.25) is 43.2 Å². The number of carbonyl (C=O) groups excluding carboxylic acids is 10. The Kier molecular flexibility index (Phi) is 32.7. The van der Waals surface area contributed by atoms with Gasteiger partial charge >= 0.3 is 18.1 Å². The van der Waals surface area contributed by atoms with Gasteiger partial charge < -0.3 is 71.0 Å². The fraction of sp³-hybridized carbons (Fsp3) is 0.671. The maximum Gasteiger partial charge on any atom is 0.410 e. The zero-order chi connectivity index (χ0) is 71.0. The fourth-order valence-electron chi connectivity index (χ4n) is 13.1. The van der Waals surface area contributed by atoms with Crippen molar-refractivity contribution in [2.45, 2.75) is 201 Å². The van der Waals surface area contributed by atoms with Crippen molar-refractivity contribution in [1.29, 1.82) is 0 Å². The molecule has 0 bridgehead atoms. The van der Waals surface area contributed by atoms with Crippen molar-refractivity contribution < 1.29 is 77.2 Å². The molecule has 0 unspecified atom stereocenters. The zero-order valence-corrected chi connectivity index (χ0v) is 58.4. The number of nitrogens with two attached hydrogens (primary N) is 1. The van der Waals surface area contributed by atoms with Crippen molar-refractivity contribution in [2.24, 2.45) is 53.1 Å². The predicted molar refractivity (Wildman–Crippen MR) is 358 cm³/mol. The number of aliphatic carboxylic acids is 1. The van der Waals surface area contributed by atoms with Gasteiger partial charge in [0.2, 0.25) is 35.4 Å². The van der Waals surface area contributed by atoms with Gasteiger partial charge in [-0.2, -0.15) is 0 Å². The Morgan fingerprint density at radius 2 is 1.36 bits per heavy atom. The number of piperidine rings is 1. The molecule has 2 aromatic rings. The lowest BCUT2D eigenvalue weighted by molar-refractivity contribution is -0.149. The van der Waals surface area contributed by atoms with Crippen molar-refractivity contribution in [3.05, 3.63) is 65.7 Å². The highest BCUT2D eigenvalue weighted by Gasteiger charge is 2.44. The third-order valence-electron chi connectivity index (χ3n) is 19.0. The minimum atomic E-state index is -0.981. The molecule has 0 aromatic heterocycles. The van der Waals surface area contributed by atoms with Crippen molar-refractivity contribution in [1.82, 2.24) is 35.6 Å². The van der Waals surface area contributed by atoms with E-state index in [-0.39, 0.29) is 118 Å². The maximum atomic E-state index is 14.9. The average Bonchev–Trinajstić information content (AvgIpc) is 1.81. The van der Waals surface area contributed by atoms with E-state index in [1.54, 1.807) is 99.7 Å². The van der Waals surface area contributed by atoms with Crippen molar-refractivity contribution in [2.75, 3.05) is 59.8 Å². The highest BCUT2D eigenvalue weighted by atomic mass is 16.6. The largest absolute Gasteiger partial charge is 0.481 e. The molecule has 9 amide bonds. The molecule has 0 saturated carbocycles. The number of ketones is 2. The van der Waals surface area contributed by atoms with E-state index in [1.807, 2.05) is 45.9 Å². The Bertz CT molecular complexity index is 2870. The molecule has 2 aliphatic heterocycles. The van der Waals surface area contributed by atoms with Gasteiger partial charge in [-0.25, -0.2) is 9.59 Å². The molecule has 2 aromatic carbocycles. The fourth-order valence-corrected chi connectivity index (χ4v) is 13.1. The number of likely N-dealkylation sites (N-methyl/N-ethyl adjacent to an activating group) is 2. The molecule has 2 heterocycles. The Labute approximate surface area is 561 Å². The number of ether oxygens (including phenoxy) is 3. The third-order valence-corrected chi connectivity index (χ3v) is 19.0. The maximum absolute atomic E-state index is 14.9. The highest BCUT2D eigenvalue weighted by molar-refractivity contribution is 5.98. The van der Waals surface area contributed by atoms with E-state index < -0.39 is 108 Å². The van der Waals surface area contributed by atoms with Crippen molar-refractivity contribution in [3.63, 3.8) is 0 Å². The van der Waals surface area contributed by atoms with Crippen molar-refractivity contribution >= 4 is 70.8 Å². The van der Waals surface area contributed by atoms with Gasteiger partial charge in [0.25, 0.3) is 0 Å². The van der Waals surface area contributed by atoms with E-state index >= 15 is 0 Å². The van der Waals surface area contributed by atoms with E-state index in [1.165, 1.54) is 26.2 Å². The number of amides is 9. The number of anilines is 1. The number of aliphatic hydroxyl groups is 1. The smallest absolute Gasteiger partial charge is 0.410 e. The van der Waals surface area contributed by atoms with Crippen LogP contribution < -0.4 is 27.0 Å². The summed E-state index contributed by atoms with van der Waals surface area (Å²) in [4.78, 5) is 154. The normalized spacial score (nSPS) is 17.8. The molecule has 530 valence electrons. The van der Waals surface area contributed by atoms with Crippen LogP contribution in [0.2, 0.25) is 0 Å². The van der Waals surface area contributed by atoms with Gasteiger partial charge in [-0.05, 0) is 92.4 Å². The number of urea groups is 1. The molecule has 12 atom stereocenters. The van der Waals surface area contributed by atoms with Crippen LogP contribution in [0.3, 0.4) is 0 Å². The number of hydrogen-bond acceptors (Lipinski definition) is 15. The first-order valence-electron chi connectivity index (χ1n) is 33.7. The first-order chi connectivity index (χ1) is 44.9. The molecule has 0 spiro atoms. The summed E-state index contributed by atoms with van der Waals surface area (Å²) in [6, 6.07) is 11.2. The van der Waals surface area contributed by atoms with E-state index in [4.69, 9.17) is 19.9 Å². The van der Waals surface area contributed by atoms with Gasteiger partial charge in [0.1, 0.15) is 6.61 Å². The molecular formula is C70H109N9O16. The molecule has 2 aliphatic rings. The summed E-state index contributed by atoms with van der Waals surface area (Å²) < 4.78 is 17.8. The van der Waals surface area contributed by atoms with Crippen LogP contribution >= 0.6 is 0 Å². The van der Waals surface area contributed by atoms with Crippen LogP contribution in [0.5, 0.6) is 0 Å². The summed E-state index contributed by atoms with van der Waals surface area (Å²) in [5, 5.41) is 31.3. The van der Waals surface area contributed by atoms with Crippen LogP contribution in [0.15, 0.2) is 54.6 Å². The third kappa shape index (κ3) is 23.7. The van der Waals surface area contributed by atoms with Gasteiger partial charge in [0.15, 0.2) is 11.6 Å². The first kappa shape index (κ1) is 79.9. The number of benzene rings is 2. The Balaban J connectivity index is 1.38. The lowest BCUT2D eigenvalue weighted by atomic mass is 9.83. The number of rotatable bonds is 38. The number of Topliss-reactive ketones (excluding diaryl/α,β-unsaturated/α-hetero) is 2. The summed E-state index contributed by atoms with van der Waals surface area (Å²) in [5.41, 5.74) is 6.83. The Hall–Kier alpha value is -7.51. The monoisotopic (exact) mass is 1330 g/mol. The topological polar surface area (TPSA) is 343 Å². The average molecular weight is 1330 g/mol. The van der Waals surface area contributed by atoms with E-state index in [0.29, 0.717) is 61.9 Å². The lowest BCUT2D eigenvalue weighted by Crippen LogP contribution is -2.55. The number of likely N-dealkylation sites (tertiary alicyclic amines) is 2. The lowest BCUT2D eigenvalue weighted by Gasteiger charge is -2.41. The summed E-state index contributed by atoms with van der Waals surface area (Å²) in [6.45, 7) is 19.2. The number of aliphatic hydroxyl groups excluding tert-OH is 1. The SMILES string of the molecule is CC[C@H](C)[C@@H]([C@@H](CC(=O)N1CCC[C@H]1[C@H](OC)[C@@H](C)C(=O)N[C@H](C)[C@@H](O)c1ccccc1)OC)N(C)C(=O)[C@@H](CC(=O)[C@H](C(C)C)N(C)C(=O)OCc1ccc(NC(=O)[C@H](CCCNC(N)=O)CC(=O)[C@@H](NC(=O)CCC(=O)N2CCC(C(=O)O)CC2)C(C)C)cc1)C(C)C. The molecule has 2 fully saturated rings. The van der Waals surface area contributed by atoms with Crippen molar-refractivity contribution in [3.8, 4) is 0 Å². The van der Waals surface area contributed by atoms with Crippen LogP contribution in [0, 0.1) is 47.3 Å². The molecule has 4 rings (SSSR count). The molecule has 8 N–H and O–H groups in total. The van der Waals surface area contributed by atoms with E-state index in [2.05, 4.69) is 21.3 Å². The number of carboxylic acids is 1. The van der Waals surface area contributed by atoms with Crippen LogP contribution in [0.4, 0.5) is 15.3 Å². The minimum Gasteiger partial charge on any atom is -0.481 e. The second-order valence-corrected chi connectivity index (χ2v) is 26.9. The van der Waals surface area contributed by atoms with Gasteiger partial charge in [0.05, 0.1) is 66.8 Å². The highest BCUT2D eigenvalue weighted by Crippen LogP contribution is 2.32. The number of carboxylic acid groups (broad SMARTS) is 1. The van der Waals surface area contributed by atoms with Gasteiger partial charge in [-0.15, -0.1) is 0 Å². The number of methoxy groups -OCH3 is 2. The second-order valence-electron chi connectivity index (χ2n) is 26.9. The number of nitrogens with one attached hydrogen (secondary N) is 4. The summed E-state index contributed by atoms with van der Waals surface area (Å²) in [6.07, 6.45) is -0.949. The second kappa shape index (κ2) is 38.9.